The van der Waals surface area contributed by atoms with Crippen LogP contribution in [0.15, 0.2) is 42.6 Å². The molecule has 1 N–H and O–H groups in total. The van der Waals surface area contributed by atoms with E-state index in [1.54, 1.807) is 6.20 Å². The summed E-state index contributed by atoms with van der Waals surface area (Å²) < 4.78 is 2.26. The Bertz CT molecular complexity index is 764. The van der Waals surface area contributed by atoms with E-state index in [1.165, 1.54) is 5.52 Å². The minimum Gasteiger partial charge on any atom is -0.327 e. The van der Waals surface area contributed by atoms with Gasteiger partial charge in [-0.2, -0.15) is 0 Å². The van der Waals surface area contributed by atoms with E-state index in [2.05, 4.69) is 46.9 Å². The Hall–Kier alpha value is -1.91. The van der Waals surface area contributed by atoms with Crippen molar-refractivity contribution in [2.24, 2.45) is 0 Å². The van der Waals surface area contributed by atoms with Crippen molar-refractivity contribution >= 4 is 22.6 Å². The smallest absolute Gasteiger partial charge is 0.129 e. The van der Waals surface area contributed by atoms with Crippen LogP contribution in [0.5, 0.6) is 0 Å². The second-order valence-electron chi connectivity index (χ2n) is 5.29. The number of hydrogen-bond acceptors (Lipinski definition) is 3. The fourth-order valence-electron chi connectivity index (χ4n) is 2.63. The van der Waals surface area contributed by atoms with Gasteiger partial charge in [0, 0.05) is 19.3 Å². The molecule has 1 aromatic carbocycles. The quantitative estimate of drug-likeness (QED) is 0.725. The van der Waals surface area contributed by atoms with E-state index in [1.807, 2.05) is 18.2 Å². The highest BCUT2D eigenvalue weighted by atomic mass is 35.5. The molecule has 3 aromatic rings. The molecular formula is C17H19ClN4. The molecule has 0 fully saturated rings. The summed E-state index contributed by atoms with van der Waals surface area (Å²) in [6.45, 7) is 5.92. The topological polar surface area (TPSA) is 42.7 Å². The zero-order chi connectivity index (χ0) is 15.5. The van der Waals surface area contributed by atoms with Gasteiger partial charge >= 0.3 is 0 Å². The minimum absolute atomic E-state index is 0.156. The largest absolute Gasteiger partial charge is 0.327 e. The fourth-order valence-corrected chi connectivity index (χ4v) is 2.74. The van der Waals surface area contributed by atoms with Crippen LogP contribution in [-0.2, 0) is 13.1 Å². The van der Waals surface area contributed by atoms with Gasteiger partial charge in [0.05, 0.1) is 17.1 Å². The third kappa shape index (κ3) is 2.98. The molecule has 0 saturated carbocycles. The first-order chi connectivity index (χ1) is 10.7. The third-order valence-corrected chi connectivity index (χ3v) is 4.01. The first-order valence-electron chi connectivity index (χ1n) is 7.48. The molecule has 0 aliphatic rings. The van der Waals surface area contributed by atoms with Crippen LogP contribution in [-0.4, -0.2) is 14.5 Å². The van der Waals surface area contributed by atoms with E-state index in [4.69, 9.17) is 16.6 Å². The highest BCUT2D eigenvalue weighted by Crippen LogP contribution is 2.21. The monoisotopic (exact) mass is 314 g/mol. The summed E-state index contributed by atoms with van der Waals surface area (Å²) in [6.07, 6.45) is 1.80. The molecule has 2 heterocycles. The average molecular weight is 315 g/mol. The normalized spacial score (nSPS) is 12.7. The van der Waals surface area contributed by atoms with Gasteiger partial charge in [0.15, 0.2) is 0 Å². The van der Waals surface area contributed by atoms with Gasteiger partial charge in [0.2, 0.25) is 0 Å². The van der Waals surface area contributed by atoms with Crippen molar-refractivity contribution in [3.8, 4) is 0 Å². The Balaban J connectivity index is 1.79. The summed E-state index contributed by atoms with van der Waals surface area (Å²) >= 11 is 5.81. The molecule has 114 valence electrons. The SMILES string of the molecule is CCn1c([C@H](C)NCc2ccc(Cl)nc2)nc2ccccc21. The summed E-state index contributed by atoms with van der Waals surface area (Å²) in [5.74, 6) is 1.06. The maximum Gasteiger partial charge on any atom is 0.129 e. The van der Waals surface area contributed by atoms with Crippen molar-refractivity contribution in [1.82, 2.24) is 19.9 Å². The molecule has 0 radical (unpaired) electrons. The molecule has 4 nitrogen and oxygen atoms in total. The van der Waals surface area contributed by atoms with Crippen LogP contribution in [0.4, 0.5) is 0 Å². The van der Waals surface area contributed by atoms with Crippen molar-refractivity contribution in [3.63, 3.8) is 0 Å². The van der Waals surface area contributed by atoms with Crippen molar-refractivity contribution in [3.05, 3.63) is 59.1 Å². The van der Waals surface area contributed by atoms with Crippen LogP contribution in [0.25, 0.3) is 11.0 Å². The molecule has 0 amide bonds. The Morgan fingerprint density at radius 2 is 2.05 bits per heavy atom. The Morgan fingerprint density at radius 3 is 2.77 bits per heavy atom. The molecule has 0 aliphatic carbocycles. The molecule has 0 saturated heterocycles. The molecule has 3 rings (SSSR count). The first-order valence-corrected chi connectivity index (χ1v) is 7.86. The highest BCUT2D eigenvalue weighted by Gasteiger charge is 2.15. The van der Waals surface area contributed by atoms with Gasteiger partial charge in [0.1, 0.15) is 11.0 Å². The number of imidazole rings is 1. The number of nitrogens with zero attached hydrogens (tertiary/aromatic N) is 3. The zero-order valence-corrected chi connectivity index (χ0v) is 13.5. The number of nitrogens with one attached hydrogen (secondary N) is 1. The van der Waals surface area contributed by atoms with E-state index in [9.17, 15) is 0 Å². The number of aromatic nitrogens is 3. The van der Waals surface area contributed by atoms with E-state index in [0.717, 1.165) is 30.0 Å². The summed E-state index contributed by atoms with van der Waals surface area (Å²) in [5.41, 5.74) is 3.33. The molecule has 0 bridgehead atoms. The van der Waals surface area contributed by atoms with Gasteiger partial charge in [-0.25, -0.2) is 9.97 Å². The first kappa shape index (κ1) is 15.0. The fraction of sp³-hybridized carbons (Fsp3) is 0.294. The Morgan fingerprint density at radius 1 is 1.23 bits per heavy atom. The number of halogens is 1. The number of fused-ring (bicyclic) bond motifs is 1. The lowest BCUT2D eigenvalue weighted by atomic mass is 10.2. The van der Waals surface area contributed by atoms with Gasteiger partial charge in [-0.1, -0.05) is 29.8 Å². The summed E-state index contributed by atoms with van der Waals surface area (Å²) in [4.78, 5) is 8.88. The number of aryl methyl sites for hydroxylation is 1. The number of para-hydroxylation sites is 2. The van der Waals surface area contributed by atoms with Crippen LogP contribution < -0.4 is 5.32 Å². The minimum atomic E-state index is 0.156. The zero-order valence-electron chi connectivity index (χ0n) is 12.8. The van der Waals surface area contributed by atoms with Crippen molar-refractivity contribution in [2.45, 2.75) is 33.0 Å². The lowest BCUT2D eigenvalue weighted by Gasteiger charge is -2.15. The van der Waals surface area contributed by atoms with Crippen molar-refractivity contribution in [2.75, 3.05) is 0 Å². The predicted molar refractivity (Wildman–Crippen MR) is 89.9 cm³/mol. The second-order valence-corrected chi connectivity index (χ2v) is 5.68. The van der Waals surface area contributed by atoms with Crippen LogP contribution >= 0.6 is 11.6 Å². The number of benzene rings is 1. The molecule has 0 spiro atoms. The molecule has 0 unspecified atom stereocenters. The van der Waals surface area contributed by atoms with Crippen LogP contribution in [0.1, 0.15) is 31.3 Å². The molecule has 0 aliphatic heterocycles. The molecule has 22 heavy (non-hydrogen) atoms. The third-order valence-electron chi connectivity index (χ3n) is 3.79. The number of pyridine rings is 1. The molecule has 1 atom stereocenters. The van der Waals surface area contributed by atoms with Gasteiger partial charge in [-0.05, 0) is 37.6 Å². The maximum absolute atomic E-state index is 5.81. The standard InChI is InChI=1S/C17H19ClN4/c1-3-22-15-7-5-4-6-14(15)21-17(22)12(2)19-10-13-8-9-16(18)20-11-13/h4-9,11-12,19H,3,10H2,1-2H3/t12-/m0/s1. The van der Waals surface area contributed by atoms with Crippen LogP contribution in [0.2, 0.25) is 5.15 Å². The van der Waals surface area contributed by atoms with Crippen molar-refractivity contribution in [1.29, 1.82) is 0 Å². The summed E-state index contributed by atoms with van der Waals surface area (Å²) in [5, 5.41) is 4.02. The van der Waals surface area contributed by atoms with E-state index < -0.39 is 0 Å². The lowest BCUT2D eigenvalue weighted by Crippen LogP contribution is -2.21. The molecular weight excluding hydrogens is 296 g/mol. The highest BCUT2D eigenvalue weighted by molar-refractivity contribution is 6.29. The Labute approximate surface area is 135 Å². The average Bonchev–Trinajstić information content (AvgIpc) is 2.92. The van der Waals surface area contributed by atoms with Gasteiger partial charge < -0.3 is 9.88 Å². The van der Waals surface area contributed by atoms with Gasteiger partial charge in [-0.15, -0.1) is 0 Å². The van der Waals surface area contributed by atoms with E-state index in [-0.39, 0.29) is 6.04 Å². The van der Waals surface area contributed by atoms with E-state index in [0.29, 0.717) is 5.15 Å². The van der Waals surface area contributed by atoms with Gasteiger partial charge in [-0.3, -0.25) is 0 Å². The number of rotatable bonds is 5. The molecule has 5 heteroatoms. The van der Waals surface area contributed by atoms with Gasteiger partial charge in [0.25, 0.3) is 0 Å². The molecule has 2 aromatic heterocycles. The van der Waals surface area contributed by atoms with Crippen LogP contribution in [0, 0.1) is 0 Å². The number of hydrogen-bond donors (Lipinski definition) is 1. The lowest BCUT2D eigenvalue weighted by molar-refractivity contribution is 0.521. The summed E-state index contributed by atoms with van der Waals surface area (Å²) in [7, 11) is 0. The summed E-state index contributed by atoms with van der Waals surface area (Å²) in [6, 6.07) is 12.2. The van der Waals surface area contributed by atoms with Crippen LogP contribution in [0.3, 0.4) is 0 Å². The van der Waals surface area contributed by atoms with E-state index >= 15 is 0 Å². The van der Waals surface area contributed by atoms with Crippen molar-refractivity contribution < 1.29 is 0 Å². The predicted octanol–water partition coefficient (Wildman–Crippen LogP) is 3.96. The Kier molecular flexibility index (Phi) is 4.41. The maximum atomic E-state index is 5.81. The second kappa shape index (κ2) is 6.46.